The van der Waals surface area contributed by atoms with E-state index in [0.29, 0.717) is 25.0 Å². The Labute approximate surface area is 188 Å². The number of aryl methyl sites for hydroxylation is 1. The van der Waals surface area contributed by atoms with Crippen LogP contribution in [0.25, 0.3) is 11.0 Å². The van der Waals surface area contributed by atoms with E-state index in [1.165, 1.54) is 18.9 Å². The summed E-state index contributed by atoms with van der Waals surface area (Å²) in [5, 5.41) is 12.7. The number of guanidine groups is 1. The fourth-order valence-electron chi connectivity index (χ4n) is 2.69. The minimum Gasteiger partial charge on any atom is -0.480 e. The highest BCUT2D eigenvalue weighted by molar-refractivity contribution is 5.85. The first-order chi connectivity index (χ1) is 14.2. The summed E-state index contributed by atoms with van der Waals surface area (Å²) >= 11 is 0. The minimum atomic E-state index is -1.00. The van der Waals surface area contributed by atoms with Crippen LogP contribution >= 0.6 is 12.4 Å². The van der Waals surface area contributed by atoms with E-state index in [0.717, 1.165) is 29.6 Å². The van der Waals surface area contributed by atoms with E-state index >= 15 is 0 Å². The second kappa shape index (κ2) is 15.1. The number of aliphatic imine (C=N–C) groups is 1. The van der Waals surface area contributed by atoms with E-state index in [1.54, 1.807) is 0 Å². The fraction of sp³-hybridized carbons (Fsp3) is 0.476. The van der Waals surface area contributed by atoms with Crippen molar-refractivity contribution in [3.05, 3.63) is 40.2 Å². The Morgan fingerprint density at radius 1 is 1.23 bits per heavy atom. The third-order valence-electron chi connectivity index (χ3n) is 4.35. The molecule has 1 heterocycles. The third kappa shape index (κ3) is 11.3. The summed E-state index contributed by atoms with van der Waals surface area (Å²) in [6.45, 7) is 5.49. The normalized spacial score (nSPS) is 10.9. The number of hydrogen-bond donors (Lipinski definition) is 5. The van der Waals surface area contributed by atoms with E-state index in [1.807, 2.05) is 25.1 Å². The maximum atomic E-state index is 11.3. The van der Waals surface area contributed by atoms with Crippen molar-refractivity contribution < 1.29 is 14.3 Å². The molecule has 0 fully saturated rings. The molecule has 0 bridgehead atoms. The summed E-state index contributed by atoms with van der Waals surface area (Å²) in [6, 6.07) is 6.63. The van der Waals surface area contributed by atoms with Crippen LogP contribution in [-0.4, -0.2) is 36.2 Å². The van der Waals surface area contributed by atoms with E-state index < -0.39 is 12.0 Å². The molecule has 1 aromatic heterocycles. The van der Waals surface area contributed by atoms with Crippen LogP contribution in [0.4, 0.5) is 5.69 Å². The Kier molecular flexibility index (Phi) is 13.7. The quantitative estimate of drug-likeness (QED) is 0.157. The van der Waals surface area contributed by atoms with Gasteiger partial charge in [-0.2, -0.15) is 0 Å². The number of nitrogens with one attached hydrogen (secondary N) is 1. The maximum Gasteiger partial charge on any atom is 0.336 e. The molecule has 1 aromatic carbocycles. The van der Waals surface area contributed by atoms with Gasteiger partial charge in [0.2, 0.25) is 0 Å². The highest BCUT2D eigenvalue weighted by Gasteiger charge is 2.09. The van der Waals surface area contributed by atoms with Gasteiger partial charge in [0, 0.05) is 36.3 Å². The van der Waals surface area contributed by atoms with Gasteiger partial charge >= 0.3 is 11.6 Å². The zero-order valence-corrected chi connectivity index (χ0v) is 18.9. The van der Waals surface area contributed by atoms with Crippen molar-refractivity contribution in [1.82, 2.24) is 0 Å². The van der Waals surface area contributed by atoms with Gasteiger partial charge in [0.1, 0.15) is 11.6 Å². The standard InChI is InChI=1S/C15H19NO2.C6H14N4O2.ClH/c1-3-4-5-8-16-12-6-7-13-11(2)9-15(17)18-14(13)10-12;7-4(5(11)12)2-1-3-10-6(8)9;/h6-7,9-10,16H,3-5,8H2,1-2H3;4H,1-3,7H2,(H,11,12)(H4,8,9,10);1H. The van der Waals surface area contributed by atoms with Gasteiger partial charge in [-0.15, -0.1) is 12.4 Å². The Balaban J connectivity index is 0.000000612. The number of carboxylic acids is 1. The summed E-state index contributed by atoms with van der Waals surface area (Å²) in [7, 11) is 0. The average molecular weight is 456 g/mol. The molecular formula is C21H34ClN5O4. The van der Waals surface area contributed by atoms with Gasteiger partial charge in [0.05, 0.1) is 0 Å². The van der Waals surface area contributed by atoms with Crippen LogP contribution < -0.4 is 28.1 Å². The maximum absolute atomic E-state index is 11.3. The number of aliphatic carboxylic acids is 1. The molecule has 8 N–H and O–H groups in total. The van der Waals surface area contributed by atoms with Gasteiger partial charge < -0.3 is 32.0 Å². The molecule has 0 spiro atoms. The highest BCUT2D eigenvalue weighted by atomic mass is 35.5. The molecule has 10 heteroatoms. The largest absolute Gasteiger partial charge is 0.480 e. The van der Waals surface area contributed by atoms with Crippen molar-refractivity contribution >= 4 is 41.0 Å². The van der Waals surface area contributed by atoms with Crippen LogP contribution in [0.2, 0.25) is 0 Å². The minimum absolute atomic E-state index is 0. The van der Waals surface area contributed by atoms with Gasteiger partial charge in [-0.3, -0.25) is 9.79 Å². The molecule has 0 radical (unpaired) electrons. The Morgan fingerprint density at radius 3 is 2.55 bits per heavy atom. The molecule has 0 saturated heterocycles. The summed E-state index contributed by atoms with van der Waals surface area (Å²) in [4.78, 5) is 25.2. The molecule has 174 valence electrons. The summed E-state index contributed by atoms with van der Waals surface area (Å²) in [6.07, 6.45) is 4.56. The molecule has 31 heavy (non-hydrogen) atoms. The van der Waals surface area contributed by atoms with Crippen molar-refractivity contribution in [2.75, 3.05) is 18.4 Å². The van der Waals surface area contributed by atoms with E-state index in [4.69, 9.17) is 26.7 Å². The molecule has 0 aliphatic rings. The van der Waals surface area contributed by atoms with Crippen LogP contribution in [-0.2, 0) is 4.79 Å². The number of benzene rings is 1. The summed E-state index contributed by atoms with van der Waals surface area (Å²) in [5.41, 5.74) is 17.6. The van der Waals surface area contributed by atoms with Crippen molar-refractivity contribution in [3.63, 3.8) is 0 Å². The predicted molar refractivity (Wildman–Crippen MR) is 128 cm³/mol. The lowest BCUT2D eigenvalue weighted by Gasteiger charge is -2.07. The molecule has 2 aromatic rings. The highest BCUT2D eigenvalue weighted by Crippen LogP contribution is 2.20. The number of unbranched alkanes of at least 4 members (excludes halogenated alkanes) is 2. The van der Waals surface area contributed by atoms with Crippen LogP contribution in [0, 0.1) is 6.92 Å². The lowest BCUT2D eigenvalue weighted by molar-refractivity contribution is -0.138. The lowest BCUT2D eigenvalue weighted by atomic mass is 10.1. The topological polar surface area (TPSA) is 170 Å². The van der Waals surface area contributed by atoms with Gasteiger partial charge in [-0.25, -0.2) is 4.79 Å². The number of rotatable bonds is 10. The fourth-order valence-corrected chi connectivity index (χ4v) is 2.69. The Morgan fingerprint density at radius 2 is 1.94 bits per heavy atom. The number of hydrogen-bond acceptors (Lipinski definition) is 6. The summed E-state index contributed by atoms with van der Waals surface area (Å²) < 4.78 is 5.22. The van der Waals surface area contributed by atoms with Crippen LogP contribution in [0.3, 0.4) is 0 Å². The van der Waals surface area contributed by atoms with Crippen molar-refractivity contribution in [2.45, 2.75) is 52.0 Å². The Hall–Kier alpha value is -2.78. The van der Waals surface area contributed by atoms with Crippen molar-refractivity contribution in [1.29, 1.82) is 0 Å². The van der Waals surface area contributed by atoms with Gasteiger partial charge in [0.25, 0.3) is 0 Å². The van der Waals surface area contributed by atoms with Crippen LogP contribution in [0.1, 0.15) is 44.6 Å². The lowest BCUT2D eigenvalue weighted by Crippen LogP contribution is -2.30. The molecule has 1 atom stereocenters. The first-order valence-electron chi connectivity index (χ1n) is 10.1. The zero-order valence-electron chi connectivity index (χ0n) is 18.1. The van der Waals surface area contributed by atoms with Crippen molar-refractivity contribution in [3.8, 4) is 0 Å². The molecule has 0 aliphatic heterocycles. The van der Waals surface area contributed by atoms with E-state index in [-0.39, 0.29) is 24.0 Å². The van der Waals surface area contributed by atoms with Crippen LogP contribution in [0.15, 0.2) is 38.5 Å². The molecule has 0 saturated carbocycles. The molecule has 9 nitrogen and oxygen atoms in total. The zero-order chi connectivity index (χ0) is 22.5. The number of carboxylic acid groups (broad SMARTS) is 1. The van der Waals surface area contributed by atoms with E-state index in [9.17, 15) is 9.59 Å². The smallest absolute Gasteiger partial charge is 0.336 e. The number of halogens is 1. The average Bonchev–Trinajstić information content (AvgIpc) is 2.68. The van der Waals surface area contributed by atoms with Gasteiger partial charge in [-0.1, -0.05) is 19.8 Å². The molecule has 1 unspecified atom stereocenters. The first-order valence-corrected chi connectivity index (χ1v) is 10.1. The number of nitrogens with two attached hydrogens (primary N) is 3. The van der Waals surface area contributed by atoms with Gasteiger partial charge in [0.15, 0.2) is 5.96 Å². The third-order valence-corrected chi connectivity index (χ3v) is 4.35. The number of fused-ring (bicyclic) bond motifs is 1. The first kappa shape index (κ1) is 28.2. The SMILES string of the molecule is CCCCCNc1ccc2c(C)cc(=O)oc2c1.Cl.NC(N)=NCCCC(N)C(=O)O. The van der Waals surface area contributed by atoms with Crippen LogP contribution in [0.5, 0.6) is 0 Å². The van der Waals surface area contributed by atoms with E-state index in [2.05, 4.69) is 17.2 Å². The monoisotopic (exact) mass is 455 g/mol. The molecule has 2 rings (SSSR count). The predicted octanol–water partition coefficient (Wildman–Crippen LogP) is 2.58. The second-order valence-electron chi connectivity index (χ2n) is 6.99. The summed E-state index contributed by atoms with van der Waals surface area (Å²) in [5.74, 6) is -0.987. The number of anilines is 1. The second-order valence-corrected chi connectivity index (χ2v) is 6.99. The molecule has 0 aliphatic carbocycles. The molecule has 0 amide bonds. The Bertz CT molecular complexity index is 897. The van der Waals surface area contributed by atoms with Crippen molar-refractivity contribution in [2.24, 2.45) is 22.2 Å². The molecular weight excluding hydrogens is 422 g/mol. The number of carbonyl (C=O) groups is 1. The number of nitrogens with zero attached hydrogens (tertiary/aromatic N) is 1. The van der Waals surface area contributed by atoms with Gasteiger partial charge in [-0.05, 0) is 43.9 Å².